The van der Waals surface area contributed by atoms with Gasteiger partial charge in [-0.2, -0.15) is 26.3 Å². The summed E-state index contributed by atoms with van der Waals surface area (Å²) < 4.78 is 98.1. The van der Waals surface area contributed by atoms with Crippen molar-refractivity contribution in [3.8, 4) is 0 Å². The lowest BCUT2D eigenvalue weighted by atomic mass is 9.93. The molecule has 18 heavy (non-hydrogen) atoms. The average molecular weight is 398 g/mol. The van der Waals surface area contributed by atoms with Gasteiger partial charge in [0.2, 0.25) is 0 Å². The molecule has 0 N–H and O–H groups in total. The second-order valence-corrected chi connectivity index (χ2v) is 6.28. The SMILES string of the molecule is CC(C)(F)CC(I)CC(F)(C(F)(F)F)C(F)(F)F. The molecule has 0 amide bonds. The summed E-state index contributed by atoms with van der Waals surface area (Å²) in [6, 6.07) is 0. The van der Waals surface area contributed by atoms with E-state index < -0.39 is 40.5 Å². The molecule has 0 heterocycles. The minimum atomic E-state index is -6.07. The van der Waals surface area contributed by atoms with Gasteiger partial charge < -0.3 is 0 Å². The zero-order valence-corrected chi connectivity index (χ0v) is 11.6. The van der Waals surface area contributed by atoms with Gasteiger partial charge in [-0.3, -0.25) is 0 Å². The first-order chi connectivity index (χ1) is 7.60. The second-order valence-electron chi connectivity index (χ2n) is 4.52. The number of hydrogen-bond acceptors (Lipinski definition) is 0. The van der Waals surface area contributed by atoms with E-state index in [4.69, 9.17) is 0 Å². The van der Waals surface area contributed by atoms with E-state index in [-0.39, 0.29) is 0 Å². The van der Waals surface area contributed by atoms with Crippen molar-refractivity contribution in [1.82, 2.24) is 0 Å². The fraction of sp³-hybridized carbons (Fsp3) is 1.00. The summed E-state index contributed by atoms with van der Waals surface area (Å²) in [5, 5.41) is 0. The standard InChI is InChI=1S/C9H11F8I/c1-6(2,10)3-5(18)4-7(11,8(12,13)14)9(15,16)17/h5H,3-4H2,1-2H3. The van der Waals surface area contributed by atoms with Crippen LogP contribution in [-0.4, -0.2) is 27.6 Å². The predicted octanol–water partition coefficient (Wildman–Crippen LogP) is 5.15. The van der Waals surface area contributed by atoms with Crippen LogP contribution in [0.4, 0.5) is 35.1 Å². The van der Waals surface area contributed by atoms with Crippen molar-refractivity contribution in [2.75, 3.05) is 0 Å². The highest BCUT2D eigenvalue weighted by Gasteiger charge is 2.72. The van der Waals surface area contributed by atoms with E-state index in [0.29, 0.717) is 0 Å². The van der Waals surface area contributed by atoms with Gasteiger partial charge in [0.15, 0.2) is 0 Å². The maximum atomic E-state index is 13.3. The molecule has 0 saturated heterocycles. The molecule has 0 aliphatic carbocycles. The van der Waals surface area contributed by atoms with Crippen LogP contribution in [0.15, 0.2) is 0 Å². The average Bonchev–Trinajstić information content (AvgIpc) is 1.94. The van der Waals surface area contributed by atoms with Crippen LogP contribution in [-0.2, 0) is 0 Å². The summed E-state index contributed by atoms with van der Waals surface area (Å²) in [7, 11) is 0. The maximum Gasteiger partial charge on any atom is 0.431 e. The molecule has 1 atom stereocenters. The Hall–Kier alpha value is 0.170. The van der Waals surface area contributed by atoms with E-state index in [1.54, 1.807) is 0 Å². The molecule has 0 nitrogen and oxygen atoms in total. The molecule has 0 bridgehead atoms. The van der Waals surface area contributed by atoms with Crippen molar-refractivity contribution in [2.24, 2.45) is 0 Å². The zero-order chi connectivity index (χ0) is 15.0. The van der Waals surface area contributed by atoms with Crippen LogP contribution >= 0.6 is 22.6 Å². The molecule has 0 aromatic rings. The summed E-state index contributed by atoms with van der Waals surface area (Å²) in [4.78, 5) is 0. The minimum Gasteiger partial charge on any atom is -0.244 e. The highest BCUT2D eigenvalue weighted by Crippen LogP contribution is 2.50. The van der Waals surface area contributed by atoms with Gasteiger partial charge in [0, 0.05) is 10.3 Å². The maximum absolute atomic E-state index is 13.3. The Morgan fingerprint density at radius 3 is 1.33 bits per heavy atom. The molecule has 0 aliphatic rings. The molecule has 9 heteroatoms. The van der Waals surface area contributed by atoms with E-state index in [2.05, 4.69) is 0 Å². The Morgan fingerprint density at radius 2 is 1.11 bits per heavy atom. The summed E-state index contributed by atoms with van der Waals surface area (Å²) in [6.45, 7) is 2.00. The number of rotatable bonds is 4. The first kappa shape index (κ1) is 18.2. The molecule has 0 aliphatic heterocycles. The fourth-order valence-corrected chi connectivity index (χ4v) is 2.95. The number of hydrogen-bond donors (Lipinski definition) is 0. The highest BCUT2D eigenvalue weighted by molar-refractivity contribution is 14.1. The van der Waals surface area contributed by atoms with E-state index in [9.17, 15) is 35.1 Å². The van der Waals surface area contributed by atoms with Gasteiger partial charge in [-0.25, -0.2) is 8.78 Å². The molecular formula is C9H11F8I. The van der Waals surface area contributed by atoms with Crippen molar-refractivity contribution in [2.45, 2.75) is 54.3 Å². The smallest absolute Gasteiger partial charge is 0.244 e. The predicted molar refractivity (Wildman–Crippen MR) is 58.2 cm³/mol. The van der Waals surface area contributed by atoms with Gasteiger partial charge in [0.1, 0.15) is 5.67 Å². The largest absolute Gasteiger partial charge is 0.431 e. The van der Waals surface area contributed by atoms with Crippen molar-refractivity contribution in [3.05, 3.63) is 0 Å². The van der Waals surface area contributed by atoms with Crippen molar-refractivity contribution < 1.29 is 35.1 Å². The molecule has 0 radical (unpaired) electrons. The lowest BCUT2D eigenvalue weighted by Gasteiger charge is -2.32. The Balaban J connectivity index is 5.07. The van der Waals surface area contributed by atoms with Gasteiger partial charge in [-0.15, -0.1) is 0 Å². The fourth-order valence-electron chi connectivity index (χ4n) is 1.30. The Morgan fingerprint density at radius 1 is 0.778 bits per heavy atom. The Labute approximate surface area is 112 Å². The molecule has 0 spiro atoms. The first-order valence-corrected chi connectivity index (χ1v) is 6.00. The van der Waals surface area contributed by atoms with Crippen LogP contribution in [0.3, 0.4) is 0 Å². The van der Waals surface area contributed by atoms with Gasteiger partial charge in [-0.1, -0.05) is 22.6 Å². The van der Waals surface area contributed by atoms with E-state index in [1.165, 1.54) is 22.6 Å². The molecule has 1 unspecified atom stereocenters. The molecule has 0 rings (SSSR count). The van der Waals surface area contributed by atoms with Crippen LogP contribution in [0.1, 0.15) is 26.7 Å². The van der Waals surface area contributed by atoms with Gasteiger partial charge in [0.25, 0.3) is 5.67 Å². The lowest BCUT2D eigenvalue weighted by molar-refractivity contribution is -0.343. The minimum absolute atomic E-state index is 0.606. The van der Waals surface area contributed by atoms with Crippen molar-refractivity contribution in [1.29, 1.82) is 0 Å². The third-order valence-electron chi connectivity index (χ3n) is 2.11. The topological polar surface area (TPSA) is 0 Å². The first-order valence-electron chi connectivity index (χ1n) is 4.75. The van der Waals surface area contributed by atoms with Gasteiger partial charge >= 0.3 is 12.4 Å². The number of alkyl halides is 9. The van der Waals surface area contributed by atoms with Crippen molar-refractivity contribution in [3.63, 3.8) is 0 Å². The third kappa shape index (κ3) is 4.69. The lowest BCUT2D eigenvalue weighted by Crippen LogP contribution is -2.54. The summed E-state index contributed by atoms with van der Waals surface area (Å²) >= 11 is 1.19. The Bertz CT molecular complexity index is 260. The second kappa shape index (κ2) is 5.28. The van der Waals surface area contributed by atoms with Crippen LogP contribution in [0.5, 0.6) is 0 Å². The van der Waals surface area contributed by atoms with Gasteiger partial charge in [0.05, 0.1) is 0 Å². The molecular weight excluding hydrogens is 387 g/mol. The van der Waals surface area contributed by atoms with Gasteiger partial charge in [-0.05, 0) is 20.3 Å². The molecule has 0 saturated carbocycles. The van der Waals surface area contributed by atoms with Crippen molar-refractivity contribution >= 4 is 22.6 Å². The van der Waals surface area contributed by atoms with Crippen LogP contribution in [0, 0.1) is 0 Å². The normalized spacial score (nSPS) is 16.8. The quantitative estimate of drug-likeness (QED) is 0.349. The monoisotopic (exact) mass is 398 g/mol. The summed E-state index contributed by atoms with van der Waals surface area (Å²) in [6.07, 6.45) is -14.6. The summed E-state index contributed by atoms with van der Waals surface area (Å²) in [5.41, 5.74) is -7.28. The molecule has 110 valence electrons. The molecule has 0 aromatic carbocycles. The van der Waals surface area contributed by atoms with Crippen LogP contribution < -0.4 is 0 Å². The van der Waals surface area contributed by atoms with Crippen LogP contribution in [0.2, 0.25) is 0 Å². The van der Waals surface area contributed by atoms with Crippen LogP contribution in [0.25, 0.3) is 0 Å². The van der Waals surface area contributed by atoms with E-state index in [1.807, 2.05) is 0 Å². The highest BCUT2D eigenvalue weighted by atomic mass is 127. The Kier molecular flexibility index (Phi) is 5.33. The van der Waals surface area contributed by atoms with E-state index in [0.717, 1.165) is 13.8 Å². The van der Waals surface area contributed by atoms with E-state index >= 15 is 0 Å². The molecule has 0 fully saturated rings. The summed E-state index contributed by atoms with van der Waals surface area (Å²) in [5.74, 6) is 0. The zero-order valence-electron chi connectivity index (χ0n) is 9.39. The number of halogens is 9. The third-order valence-corrected chi connectivity index (χ3v) is 2.99. The molecule has 0 aromatic heterocycles.